The van der Waals surface area contributed by atoms with Gasteiger partial charge in [0, 0.05) is 39.3 Å². The van der Waals surface area contributed by atoms with E-state index in [2.05, 4.69) is 39.9 Å². The van der Waals surface area contributed by atoms with Crippen molar-refractivity contribution in [1.29, 1.82) is 0 Å². The summed E-state index contributed by atoms with van der Waals surface area (Å²) >= 11 is 0. The number of nitrogen functional groups attached to an aromatic ring is 1. The van der Waals surface area contributed by atoms with Crippen molar-refractivity contribution >= 4 is 11.4 Å². The van der Waals surface area contributed by atoms with Gasteiger partial charge in [-0.05, 0) is 57.0 Å². The molecule has 2 saturated heterocycles. The van der Waals surface area contributed by atoms with E-state index in [1.807, 2.05) is 0 Å². The number of benzene rings is 1. The van der Waals surface area contributed by atoms with Crippen molar-refractivity contribution in [3.8, 4) is 0 Å². The van der Waals surface area contributed by atoms with E-state index in [1.165, 1.54) is 63.2 Å². The fourth-order valence-corrected chi connectivity index (χ4v) is 3.58. The SMILES string of the molecule is CN1CCN(CCCc2ccc(N3CCCC3)c(N)c2)CC1. The molecular formula is C18H30N4. The lowest BCUT2D eigenvalue weighted by molar-refractivity contribution is 0.153. The predicted molar refractivity (Wildman–Crippen MR) is 94.6 cm³/mol. The number of hydrogen-bond acceptors (Lipinski definition) is 4. The average molecular weight is 302 g/mol. The molecule has 0 saturated carbocycles. The number of nitrogens with two attached hydrogens (primary N) is 1. The molecule has 0 atom stereocenters. The van der Waals surface area contributed by atoms with E-state index in [4.69, 9.17) is 5.73 Å². The molecular weight excluding hydrogens is 272 g/mol. The van der Waals surface area contributed by atoms with E-state index in [0.29, 0.717) is 0 Å². The van der Waals surface area contributed by atoms with Crippen LogP contribution < -0.4 is 10.6 Å². The average Bonchev–Trinajstić information content (AvgIpc) is 3.03. The standard InChI is InChI=1S/C18H30N4/c1-20-11-13-21(14-12-20)8-4-5-16-6-7-18(17(19)15-16)22-9-2-3-10-22/h6-7,15H,2-5,8-14,19H2,1H3. The first-order valence-corrected chi connectivity index (χ1v) is 8.76. The Balaban J connectivity index is 1.47. The molecule has 1 aromatic carbocycles. The fraction of sp³-hybridized carbons (Fsp3) is 0.667. The highest BCUT2D eigenvalue weighted by Crippen LogP contribution is 2.27. The van der Waals surface area contributed by atoms with Gasteiger partial charge < -0.3 is 20.4 Å². The largest absolute Gasteiger partial charge is 0.397 e. The molecule has 0 unspecified atom stereocenters. The van der Waals surface area contributed by atoms with Crippen LogP contribution >= 0.6 is 0 Å². The Morgan fingerprint density at radius 2 is 1.73 bits per heavy atom. The molecule has 1 aromatic rings. The number of hydrogen-bond donors (Lipinski definition) is 1. The second-order valence-electron chi connectivity index (χ2n) is 6.84. The van der Waals surface area contributed by atoms with Crippen LogP contribution in [0.15, 0.2) is 18.2 Å². The summed E-state index contributed by atoms with van der Waals surface area (Å²) in [6.45, 7) is 8.37. The molecule has 2 aliphatic rings. The lowest BCUT2D eigenvalue weighted by Crippen LogP contribution is -2.44. The molecule has 4 nitrogen and oxygen atoms in total. The van der Waals surface area contributed by atoms with Gasteiger partial charge in [-0.3, -0.25) is 0 Å². The van der Waals surface area contributed by atoms with Crippen molar-refractivity contribution in [2.45, 2.75) is 25.7 Å². The van der Waals surface area contributed by atoms with Crippen molar-refractivity contribution in [2.24, 2.45) is 0 Å². The van der Waals surface area contributed by atoms with Crippen LogP contribution in [-0.2, 0) is 6.42 Å². The first-order chi connectivity index (χ1) is 10.7. The van der Waals surface area contributed by atoms with E-state index < -0.39 is 0 Å². The fourth-order valence-electron chi connectivity index (χ4n) is 3.58. The maximum atomic E-state index is 6.27. The van der Waals surface area contributed by atoms with Gasteiger partial charge >= 0.3 is 0 Å². The molecule has 0 aliphatic carbocycles. The van der Waals surface area contributed by atoms with Crippen LogP contribution in [0.4, 0.5) is 11.4 Å². The van der Waals surface area contributed by atoms with E-state index in [1.54, 1.807) is 0 Å². The Morgan fingerprint density at radius 3 is 2.41 bits per heavy atom. The minimum atomic E-state index is 0.957. The van der Waals surface area contributed by atoms with Gasteiger partial charge in [-0.15, -0.1) is 0 Å². The van der Waals surface area contributed by atoms with Crippen molar-refractivity contribution in [2.75, 3.05) is 63.5 Å². The monoisotopic (exact) mass is 302 g/mol. The van der Waals surface area contributed by atoms with Gasteiger partial charge in [-0.2, -0.15) is 0 Å². The van der Waals surface area contributed by atoms with Gasteiger partial charge in [0.25, 0.3) is 0 Å². The summed E-state index contributed by atoms with van der Waals surface area (Å²) in [6, 6.07) is 6.69. The Bertz CT molecular complexity index is 474. The van der Waals surface area contributed by atoms with Gasteiger partial charge in [0.05, 0.1) is 11.4 Å². The van der Waals surface area contributed by atoms with E-state index >= 15 is 0 Å². The van der Waals surface area contributed by atoms with E-state index in [-0.39, 0.29) is 0 Å². The highest BCUT2D eigenvalue weighted by atomic mass is 15.2. The minimum Gasteiger partial charge on any atom is -0.397 e. The van der Waals surface area contributed by atoms with Crippen LogP contribution in [0.25, 0.3) is 0 Å². The molecule has 2 fully saturated rings. The first-order valence-electron chi connectivity index (χ1n) is 8.76. The second-order valence-corrected chi connectivity index (χ2v) is 6.84. The summed E-state index contributed by atoms with van der Waals surface area (Å²) in [6.07, 6.45) is 4.96. The lowest BCUT2D eigenvalue weighted by atomic mass is 10.1. The number of piperazine rings is 1. The summed E-state index contributed by atoms with van der Waals surface area (Å²) in [5.74, 6) is 0. The molecule has 2 N–H and O–H groups in total. The molecule has 22 heavy (non-hydrogen) atoms. The summed E-state index contributed by atoms with van der Waals surface area (Å²) in [5.41, 5.74) is 9.85. The molecule has 0 aromatic heterocycles. The molecule has 3 rings (SSSR count). The summed E-state index contributed by atoms with van der Waals surface area (Å²) < 4.78 is 0. The van der Waals surface area contributed by atoms with Gasteiger partial charge in [-0.1, -0.05) is 6.07 Å². The zero-order chi connectivity index (χ0) is 15.4. The number of rotatable bonds is 5. The van der Waals surface area contributed by atoms with Crippen LogP contribution in [0.5, 0.6) is 0 Å². The number of nitrogens with zero attached hydrogens (tertiary/aromatic N) is 3. The van der Waals surface area contributed by atoms with Gasteiger partial charge in [0.15, 0.2) is 0 Å². The first kappa shape index (κ1) is 15.6. The lowest BCUT2D eigenvalue weighted by Gasteiger charge is -2.32. The van der Waals surface area contributed by atoms with Crippen molar-refractivity contribution in [3.05, 3.63) is 23.8 Å². The molecule has 4 heteroatoms. The minimum absolute atomic E-state index is 0.957. The maximum absolute atomic E-state index is 6.27. The molecule has 2 aliphatic heterocycles. The molecule has 2 heterocycles. The van der Waals surface area contributed by atoms with Crippen LogP contribution in [0.2, 0.25) is 0 Å². The molecule has 0 radical (unpaired) electrons. The smallest absolute Gasteiger partial charge is 0.0600 e. The van der Waals surface area contributed by atoms with Crippen LogP contribution in [0.1, 0.15) is 24.8 Å². The maximum Gasteiger partial charge on any atom is 0.0600 e. The quantitative estimate of drug-likeness (QED) is 0.845. The number of anilines is 2. The Labute approximate surface area is 134 Å². The summed E-state index contributed by atoms with van der Waals surface area (Å²) in [5, 5.41) is 0. The van der Waals surface area contributed by atoms with Crippen molar-refractivity contribution in [3.63, 3.8) is 0 Å². The van der Waals surface area contributed by atoms with Crippen LogP contribution in [0.3, 0.4) is 0 Å². The predicted octanol–water partition coefficient (Wildman–Crippen LogP) is 2.05. The Morgan fingerprint density at radius 1 is 1.00 bits per heavy atom. The van der Waals surface area contributed by atoms with Crippen molar-refractivity contribution in [1.82, 2.24) is 9.80 Å². The summed E-state index contributed by atoms with van der Waals surface area (Å²) in [7, 11) is 2.21. The van der Waals surface area contributed by atoms with Gasteiger partial charge in [0.1, 0.15) is 0 Å². The van der Waals surface area contributed by atoms with Crippen molar-refractivity contribution < 1.29 is 0 Å². The molecule has 0 bridgehead atoms. The third-order valence-corrected chi connectivity index (χ3v) is 5.07. The topological polar surface area (TPSA) is 35.7 Å². The Hall–Kier alpha value is -1.26. The zero-order valence-corrected chi connectivity index (χ0v) is 13.9. The van der Waals surface area contributed by atoms with Gasteiger partial charge in [0.2, 0.25) is 0 Å². The molecule has 0 spiro atoms. The number of aryl methyl sites for hydroxylation is 1. The summed E-state index contributed by atoms with van der Waals surface area (Å²) in [4.78, 5) is 7.42. The highest BCUT2D eigenvalue weighted by molar-refractivity contribution is 5.68. The second kappa shape index (κ2) is 7.34. The van der Waals surface area contributed by atoms with E-state index in [0.717, 1.165) is 25.2 Å². The third kappa shape index (κ3) is 3.93. The Kier molecular flexibility index (Phi) is 5.21. The third-order valence-electron chi connectivity index (χ3n) is 5.07. The zero-order valence-electron chi connectivity index (χ0n) is 13.9. The molecule has 122 valence electrons. The van der Waals surface area contributed by atoms with E-state index in [9.17, 15) is 0 Å². The van der Waals surface area contributed by atoms with Crippen LogP contribution in [0, 0.1) is 0 Å². The normalized spacial score (nSPS) is 20.7. The number of likely N-dealkylation sites (N-methyl/N-ethyl adjacent to an activating group) is 1. The van der Waals surface area contributed by atoms with Crippen LogP contribution in [-0.4, -0.2) is 62.7 Å². The molecule has 0 amide bonds. The highest BCUT2D eigenvalue weighted by Gasteiger charge is 2.15. The van der Waals surface area contributed by atoms with Gasteiger partial charge in [-0.25, -0.2) is 0 Å².